The summed E-state index contributed by atoms with van der Waals surface area (Å²) >= 11 is 0. The summed E-state index contributed by atoms with van der Waals surface area (Å²) in [5.74, 6) is 3.25. The number of hydrogen-bond donors (Lipinski definition) is 1. The molecule has 136 valence electrons. The maximum Gasteiger partial charge on any atom is 0.178 e. The minimum Gasteiger partial charge on any atom is -0.354 e. The summed E-state index contributed by atoms with van der Waals surface area (Å²) in [6.07, 6.45) is 5.55. The van der Waals surface area contributed by atoms with Crippen LogP contribution in [-0.2, 0) is 13.6 Å². The van der Waals surface area contributed by atoms with E-state index in [-0.39, 0.29) is 0 Å². The second-order valence-electron chi connectivity index (χ2n) is 7.50. The van der Waals surface area contributed by atoms with E-state index >= 15 is 0 Å². The summed E-state index contributed by atoms with van der Waals surface area (Å²) in [5, 5.41) is 21.2. The van der Waals surface area contributed by atoms with E-state index in [1.807, 2.05) is 28.5 Å². The normalized spacial score (nSPS) is 18.3. The van der Waals surface area contributed by atoms with E-state index in [2.05, 4.69) is 37.6 Å². The molecule has 8 nitrogen and oxygen atoms in total. The first-order valence-corrected chi connectivity index (χ1v) is 9.43. The monoisotopic (exact) mass is 352 g/mol. The second kappa shape index (κ2) is 6.35. The maximum atomic E-state index is 4.81. The standard InChI is InChI=1S/C18H24N8/c1-24-15(7-8-20-24)10-19-9-13-11-25(12-13)17-6-5-16-21-22-18(26(16)23-17)14-3-2-4-14/h5-8,13-14,19H,2-4,9-12H2,1H3. The Morgan fingerprint density at radius 3 is 2.77 bits per heavy atom. The van der Waals surface area contributed by atoms with Crippen molar-refractivity contribution in [2.45, 2.75) is 31.7 Å². The van der Waals surface area contributed by atoms with E-state index in [0.29, 0.717) is 11.8 Å². The van der Waals surface area contributed by atoms with Crippen molar-refractivity contribution < 1.29 is 0 Å². The topological polar surface area (TPSA) is 76.2 Å². The Morgan fingerprint density at radius 1 is 1.15 bits per heavy atom. The molecule has 0 unspecified atom stereocenters. The molecular formula is C18H24N8. The minimum atomic E-state index is 0.535. The zero-order chi connectivity index (χ0) is 17.5. The molecule has 0 spiro atoms. The SMILES string of the molecule is Cn1nccc1CNCC1CN(c2ccc3nnc(C4CCC4)n3n2)C1. The Labute approximate surface area is 152 Å². The van der Waals surface area contributed by atoms with Gasteiger partial charge in [-0.2, -0.15) is 9.61 Å². The number of aryl methyl sites for hydroxylation is 1. The highest BCUT2D eigenvalue weighted by Gasteiger charge is 2.29. The van der Waals surface area contributed by atoms with E-state index in [1.54, 1.807) is 0 Å². The molecule has 1 saturated heterocycles. The lowest BCUT2D eigenvalue weighted by Crippen LogP contribution is -2.51. The van der Waals surface area contributed by atoms with Gasteiger partial charge in [-0.15, -0.1) is 15.3 Å². The maximum absolute atomic E-state index is 4.81. The van der Waals surface area contributed by atoms with Crippen molar-refractivity contribution in [2.24, 2.45) is 13.0 Å². The summed E-state index contributed by atoms with van der Waals surface area (Å²) in [5.41, 5.74) is 2.06. The first-order chi connectivity index (χ1) is 12.8. The molecule has 1 saturated carbocycles. The van der Waals surface area contributed by atoms with Crippen LogP contribution in [0.4, 0.5) is 5.82 Å². The highest BCUT2D eigenvalue weighted by atomic mass is 15.4. The lowest BCUT2D eigenvalue weighted by atomic mass is 9.85. The fraction of sp³-hybridized carbons (Fsp3) is 0.556. The minimum absolute atomic E-state index is 0.535. The molecule has 0 aromatic carbocycles. The average Bonchev–Trinajstić information content (AvgIpc) is 3.15. The Balaban J connectivity index is 1.19. The van der Waals surface area contributed by atoms with E-state index in [1.165, 1.54) is 25.0 Å². The third-order valence-electron chi connectivity index (χ3n) is 5.69. The van der Waals surface area contributed by atoms with Crippen LogP contribution < -0.4 is 10.2 Å². The van der Waals surface area contributed by atoms with Crippen LogP contribution in [-0.4, -0.2) is 49.2 Å². The van der Waals surface area contributed by atoms with Gasteiger partial charge in [0.15, 0.2) is 11.5 Å². The van der Waals surface area contributed by atoms with Gasteiger partial charge in [-0.05, 0) is 31.0 Å². The average molecular weight is 352 g/mol. The van der Waals surface area contributed by atoms with Crippen molar-refractivity contribution in [2.75, 3.05) is 24.5 Å². The van der Waals surface area contributed by atoms with Crippen LogP contribution in [0, 0.1) is 5.92 Å². The Hall–Kier alpha value is -2.48. The fourth-order valence-corrected chi connectivity index (χ4v) is 3.75. The molecule has 0 amide bonds. The van der Waals surface area contributed by atoms with Crippen molar-refractivity contribution in [3.63, 3.8) is 0 Å². The predicted octanol–water partition coefficient (Wildman–Crippen LogP) is 1.35. The lowest BCUT2D eigenvalue weighted by molar-refractivity contribution is 0.376. The van der Waals surface area contributed by atoms with Crippen molar-refractivity contribution in [3.8, 4) is 0 Å². The van der Waals surface area contributed by atoms with Crippen LogP contribution in [0.15, 0.2) is 24.4 Å². The largest absolute Gasteiger partial charge is 0.354 e. The molecular weight excluding hydrogens is 328 g/mol. The number of nitrogens with zero attached hydrogens (tertiary/aromatic N) is 7. The van der Waals surface area contributed by atoms with Gasteiger partial charge in [0.1, 0.15) is 5.82 Å². The summed E-state index contributed by atoms with van der Waals surface area (Å²) in [6.45, 7) is 3.96. The zero-order valence-corrected chi connectivity index (χ0v) is 15.0. The third kappa shape index (κ3) is 2.74. The van der Waals surface area contributed by atoms with Gasteiger partial charge >= 0.3 is 0 Å². The van der Waals surface area contributed by atoms with Crippen molar-refractivity contribution in [3.05, 3.63) is 35.9 Å². The number of nitrogens with one attached hydrogen (secondary N) is 1. The lowest BCUT2D eigenvalue weighted by Gasteiger charge is -2.40. The Morgan fingerprint density at radius 2 is 2.04 bits per heavy atom. The summed E-state index contributed by atoms with van der Waals surface area (Å²) in [7, 11) is 1.98. The Bertz CT molecular complexity index is 903. The van der Waals surface area contributed by atoms with E-state index in [4.69, 9.17) is 5.10 Å². The first-order valence-electron chi connectivity index (χ1n) is 9.43. The van der Waals surface area contributed by atoms with Gasteiger partial charge < -0.3 is 10.2 Å². The zero-order valence-electron chi connectivity index (χ0n) is 15.0. The molecule has 5 rings (SSSR count). The quantitative estimate of drug-likeness (QED) is 0.722. The number of fused-ring (bicyclic) bond motifs is 1. The molecule has 1 aliphatic carbocycles. The van der Waals surface area contributed by atoms with E-state index in [9.17, 15) is 0 Å². The first kappa shape index (κ1) is 15.7. The summed E-state index contributed by atoms with van der Waals surface area (Å²) < 4.78 is 3.87. The molecule has 0 atom stereocenters. The van der Waals surface area contributed by atoms with E-state index in [0.717, 1.165) is 43.5 Å². The molecule has 1 N–H and O–H groups in total. The highest BCUT2D eigenvalue weighted by Crippen LogP contribution is 2.35. The van der Waals surface area contributed by atoms with Crippen LogP contribution in [0.2, 0.25) is 0 Å². The van der Waals surface area contributed by atoms with Gasteiger partial charge in [0.25, 0.3) is 0 Å². The van der Waals surface area contributed by atoms with Gasteiger partial charge in [0.2, 0.25) is 0 Å². The Kier molecular flexibility index (Phi) is 3.85. The molecule has 3 aromatic rings. The third-order valence-corrected chi connectivity index (χ3v) is 5.69. The van der Waals surface area contributed by atoms with Crippen LogP contribution >= 0.6 is 0 Å². The van der Waals surface area contributed by atoms with Crippen LogP contribution in [0.5, 0.6) is 0 Å². The molecule has 3 aromatic heterocycles. The molecule has 2 aliphatic rings. The van der Waals surface area contributed by atoms with Crippen LogP contribution in [0.25, 0.3) is 5.65 Å². The van der Waals surface area contributed by atoms with Crippen LogP contribution in [0.3, 0.4) is 0 Å². The number of aromatic nitrogens is 6. The highest BCUT2D eigenvalue weighted by molar-refractivity contribution is 5.47. The number of anilines is 1. The van der Waals surface area contributed by atoms with Gasteiger partial charge in [-0.25, -0.2) is 0 Å². The van der Waals surface area contributed by atoms with E-state index < -0.39 is 0 Å². The van der Waals surface area contributed by atoms with Crippen molar-refractivity contribution in [1.29, 1.82) is 0 Å². The molecule has 8 heteroatoms. The van der Waals surface area contributed by atoms with Gasteiger partial charge in [-0.3, -0.25) is 4.68 Å². The van der Waals surface area contributed by atoms with Gasteiger partial charge in [0, 0.05) is 51.3 Å². The smallest absolute Gasteiger partial charge is 0.178 e. The predicted molar refractivity (Wildman–Crippen MR) is 98.0 cm³/mol. The second-order valence-corrected chi connectivity index (χ2v) is 7.50. The molecule has 4 heterocycles. The fourth-order valence-electron chi connectivity index (χ4n) is 3.75. The molecule has 0 bridgehead atoms. The summed E-state index contributed by atoms with van der Waals surface area (Å²) in [4.78, 5) is 2.33. The molecule has 0 radical (unpaired) electrons. The molecule has 26 heavy (non-hydrogen) atoms. The number of hydrogen-bond acceptors (Lipinski definition) is 6. The van der Waals surface area contributed by atoms with Gasteiger partial charge in [0.05, 0.1) is 5.69 Å². The van der Waals surface area contributed by atoms with Crippen molar-refractivity contribution >= 4 is 11.5 Å². The van der Waals surface area contributed by atoms with Crippen molar-refractivity contribution in [1.82, 2.24) is 34.9 Å². The molecule has 1 aliphatic heterocycles. The summed E-state index contributed by atoms with van der Waals surface area (Å²) in [6, 6.07) is 6.15. The molecule has 2 fully saturated rings. The van der Waals surface area contributed by atoms with Crippen LogP contribution in [0.1, 0.15) is 36.7 Å². The van der Waals surface area contributed by atoms with Gasteiger partial charge in [-0.1, -0.05) is 6.42 Å². The number of rotatable bonds is 6.